The summed E-state index contributed by atoms with van der Waals surface area (Å²) in [6.07, 6.45) is 1.14. The van der Waals surface area contributed by atoms with Gasteiger partial charge >= 0.3 is 0 Å². The molecule has 5 aromatic rings. The SMILES string of the molecule is Cc1ccccc1-c1ccc2c(c1C(C)CC(C)C)C(c1ccccc1)(c1ccccc1)c1ccccc1-2. The van der Waals surface area contributed by atoms with Crippen LogP contribution >= 0.6 is 0 Å². The Morgan fingerprint density at radius 2 is 1.05 bits per heavy atom. The van der Waals surface area contributed by atoms with Crippen LogP contribution in [0.25, 0.3) is 22.3 Å². The topological polar surface area (TPSA) is 0 Å². The van der Waals surface area contributed by atoms with E-state index in [0.717, 1.165) is 6.42 Å². The summed E-state index contributed by atoms with van der Waals surface area (Å²) in [5.74, 6) is 1.01. The van der Waals surface area contributed by atoms with Gasteiger partial charge in [-0.05, 0) is 80.8 Å². The predicted octanol–water partition coefficient (Wildman–Crippen LogP) is 10.2. The predicted molar refractivity (Wildman–Crippen MR) is 162 cm³/mol. The Morgan fingerprint density at radius 1 is 0.526 bits per heavy atom. The summed E-state index contributed by atoms with van der Waals surface area (Å²) in [6.45, 7) is 9.39. The van der Waals surface area contributed by atoms with Crippen LogP contribution in [0.4, 0.5) is 0 Å². The van der Waals surface area contributed by atoms with E-state index in [0.29, 0.717) is 11.8 Å². The van der Waals surface area contributed by atoms with Gasteiger partial charge in [-0.25, -0.2) is 0 Å². The van der Waals surface area contributed by atoms with Gasteiger partial charge < -0.3 is 0 Å². The number of benzene rings is 5. The van der Waals surface area contributed by atoms with Crippen molar-refractivity contribution in [2.75, 3.05) is 0 Å². The first-order valence-electron chi connectivity index (χ1n) is 14.0. The molecule has 0 N–H and O–H groups in total. The van der Waals surface area contributed by atoms with E-state index < -0.39 is 0 Å². The highest BCUT2D eigenvalue weighted by Crippen LogP contribution is 2.59. The standard InChI is InChI=1S/C38H36/c1-26(2)25-28(4)36-33(31-20-12-11-15-27(31)3)23-24-34-32-21-13-14-22-35(32)38(37(34)36,29-16-7-5-8-17-29)30-18-9-6-10-19-30/h5-24,26,28H,25H2,1-4H3. The Balaban J connectivity index is 1.82. The van der Waals surface area contributed by atoms with Crippen LogP contribution in [0.15, 0.2) is 121 Å². The van der Waals surface area contributed by atoms with Crippen LogP contribution in [0.2, 0.25) is 0 Å². The van der Waals surface area contributed by atoms with E-state index in [2.05, 4.69) is 149 Å². The highest BCUT2D eigenvalue weighted by Gasteiger charge is 2.48. The van der Waals surface area contributed by atoms with Crippen LogP contribution in [0.5, 0.6) is 0 Å². The maximum Gasteiger partial charge on any atom is 0.0716 e. The average molecular weight is 493 g/mol. The third kappa shape index (κ3) is 3.74. The summed E-state index contributed by atoms with van der Waals surface area (Å²) in [5.41, 5.74) is 13.4. The lowest BCUT2D eigenvalue weighted by Crippen LogP contribution is -2.30. The minimum absolute atomic E-state index is 0.381. The molecule has 0 spiro atoms. The molecular weight excluding hydrogens is 456 g/mol. The van der Waals surface area contributed by atoms with Gasteiger partial charge in [0.1, 0.15) is 0 Å². The van der Waals surface area contributed by atoms with Gasteiger partial charge in [-0.3, -0.25) is 0 Å². The molecule has 188 valence electrons. The third-order valence-corrected chi connectivity index (χ3v) is 8.41. The largest absolute Gasteiger partial charge is 0.0716 e. The summed E-state index contributed by atoms with van der Waals surface area (Å²) < 4.78 is 0. The highest BCUT2D eigenvalue weighted by atomic mass is 14.5. The number of fused-ring (bicyclic) bond motifs is 3. The minimum Gasteiger partial charge on any atom is -0.0628 e. The zero-order valence-electron chi connectivity index (χ0n) is 22.9. The van der Waals surface area contributed by atoms with E-state index >= 15 is 0 Å². The van der Waals surface area contributed by atoms with Gasteiger partial charge in [0.25, 0.3) is 0 Å². The van der Waals surface area contributed by atoms with E-state index in [-0.39, 0.29) is 5.41 Å². The maximum absolute atomic E-state index is 2.45. The summed E-state index contributed by atoms with van der Waals surface area (Å²) >= 11 is 0. The molecule has 0 saturated heterocycles. The van der Waals surface area contributed by atoms with Crippen molar-refractivity contribution in [3.63, 3.8) is 0 Å². The van der Waals surface area contributed by atoms with Gasteiger partial charge in [-0.2, -0.15) is 0 Å². The lowest BCUT2D eigenvalue weighted by atomic mass is 9.64. The number of hydrogen-bond donors (Lipinski definition) is 0. The lowest BCUT2D eigenvalue weighted by molar-refractivity contribution is 0.519. The van der Waals surface area contributed by atoms with Crippen molar-refractivity contribution in [2.24, 2.45) is 5.92 Å². The van der Waals surface area contributed by atoms with Gasteiger partial charge in [-0.15, -0.1) is 0 Å². The summed E-state index contributed by atoms with van der Waals surface area (Å²) in [7, 11) is 0. The molecule has 0 saturated carbocycles. The fourth-order valence-electron chi connectivity index (χ4n) is 7.02. The Kier molecular flexibility index (Phi) is 6.28. The Hall–Kier alpha value is -3.90. The van der Waals surface area contributed by atoms with Gasteiger partial charge in [0, 0.05) is 0 Å². The molecule has 0 fully saturated rings. The molecule has 0 heteroatoms. The molecular formula is C38H36. The first-order chi connectivity index (χ1) is 18.5. The normalized spacial score (nSPS) is 14.2. The molecule has 1 unspecified atom stereocenters. The fraction of sp³-hybridized carbons (Fsp3) is 0.211. The maximum atomic E-state index is 2.45. The van der Waals surface area contributed by atoms with Crippen LogP contribution in [0.3, 0.4) is 0 Å². The van der Waals surface area contributed by atoms with Crippen LogP contribution in [-0.2, 0) is 5.41 Å². The number of aryl methyl sites for hydroxylation is 1. The second-order valence-electron chi connectivity index (χ2n) is 11.3. The molecule has 0 bridgehead atoms. The van der Waals surface area contributed by atoms with Gasteiger partial charge in [0.05, 0.1) is 5.41 Å². The summed E-state index contributed by atoms with van der Waals surface area (Å²) in [4.78, 5) is 0. The molecule has 6 rings (SSSR count). The monoisotopic (exact) mass is 492 g/mol. The summed E-state index contributed by atoms with van der Waals surface area (Å²) in [6, 6.07) is 45.2. The van der Waals surface area contributed by atoms with Crippen LogP contribution in [0, 0.1) is 12.8 Å². The van der Waals surface area contributed by atoms with E-state index in [9.17, 15) is 0 Å². The van der Waals surface area contributed by atoms with E-state index in [1.165, 1.54) is 55.6 Å². The van der Waals surface area contributed by atoms with Crippen molar-refractivity contribution in [1.82, 2.24) is 0 Å². The van der Waals surface area contributed by atoms with Crippen molar-refractivity contribution in [2.45, 2.75) is 45.4 Å². The van der Waals surface area contributed by atoms with Crippen LogP contribution < -0.4 is 0 Å². The third-order valence-electron chi connectivity index (χ3n) is 8.41. The van der Waals surface area contributed by atoms with E-state index in [4.69, 9.17) is 0 Å². The van der Waals surface area contributed by atoms with Crippen molar-refractivity contribution in [3.8, 4) is 22.3 Å². The van der Waals surface area contributed by atoms with Crippen LogP contribution in [-0.4, -0.2) is 0 Å². The lowest BCUT2D eigenvalue weighted by Gasteiger charge is -2.37. The highest BCUT2D eigenvalue weighted by molar-refractivity contribution is 5.91. The first-order valence-corrected chi connectivity index (χ1v) is 14.0. The molecule has 1 aliphatic rings. The molecule has 0 aliphatic heterocycles. The molecule has 38 heavy (non-hydrogen) atoms. The van der Waals surface area contributed by atoms with Crippen molar-refractivity contribution >= 4 is 0 Å². The molecule has 0 aromatic heterocycles. The zero-order chi connectivity index (χ0) is 26.3. The molecule has 0 nitrogen and oxygen atoms in total. The quantitative estimate of drug-likeness (QED) is 0.217. The number of hydrogen-bond acceptors (Lipinski definition) is 0. The molecule has 1 aliphatic carbocycles. The Bertz CT molecular complexity index is 1530. The second kappa shape index (κ2) is 9.76. The Morgan fingerprint density at radius 3 is 1.66 bits per heavy atom. The second-order valence-corrected chi connectivity index (χ2v) is 11.3. The smallest absolute Gasteiger partial charge is 0.0628 e. The molecule has 0 radical (unpaired) electrons. The van der Waals surface area contributed by atoms with Gasteiger partial charge in [0.2, 0.25) is 0 Å². The van der Waals surface area contributed by atoms with Crippen molar-refractivity contribution in [1.29, 1.82) is 0 Å². The average Bonchev–Trinajstić information content (AvgIpc) is 3.25. The van der Waals surface area contributed by atoms with Gasteiger partial charge in [0.15, 0.2) is 0 Å². The molecule has 1 atom stereocenters. The molecule has 0 heterocycles. The fourth-order valence-corrected chi connectivity index (χ4v) is 7.02. The number of rotatable bonds is 6. The van der Waals surface area contributed by atoms with E-state index in [1.807, 2.05) is 0 Å². The molecule has 0 amide bonds. The van der Waals surface area contributed by atoms with Crippen molar-refractivity contribution < 1.29 is 0 Å². The zero-order valence-corrected chi connectivity index (χ0v) is 22.9. The van der Waals surface area contributed by atoms with Crippen molar-refractivity contribution in [3.05, 3.63) is 155 Å². The summed E-state index contributed by atoms with van der Waals surface area (Å²) in [5, 5.41) is 0. The molecule has 5 aromatic carbocycles. The van der Waals surface area contributed by atoms with Crippen LogP contribution in [0.1, 0.15) is 66.5 Å². The first kappa shape index (κ1) is 24.4. The minimum atomic E-state index is -0.381. The van der Waals surface area contributed by atoms with Gasteiger partial charge in [-0.1, -0.05) is 142 Å². The Labute approximate surface area is 228 Å². The van der Waals surface area contributed by atoms with E-state index in [1.54, 1.807) is 0 Å².